The van der Waals surface area contributed by atoms with Gasteiger partial charge in [-0.05, 0) is 67.5 Å². The second kappa shape index (κ2) is 10.5. The third kappa shape index (κ3) is 6.03. The molecular weight excluding hydrogens is 502 g/mol. The topological polar surface area (TPSA) is 87.7 Å². The summed E-state index contributed by atoms with van der Waals surface area (Å²) in [5.41, 5.74) is 0.904. The molecule has 1 amide bonds. The zero-order chi connectivity index (χ0) is 22.4. The van der Waals surface area contributed by atoms with E-state index in [0.29, 0.717) is 30.1 Å². The molecule has 166 valence electrons. The van der Waals surface area contributed by atoms with E-state index in [1.54, 1.807) is 46.8 Å². The number of methoxy groups -OCH3 is 1. The van der Waals surface area contributed by atoms with Gasteiger partial charge in [-0.3, -0.25) is 10.1 Å². The first kappa shape index (κ1) is 23.6. The predicted molar refractivity (Wildman–Crippen MR) is 128 cm³/mol. The zero-order valence-electron chi connectivity index (χ0n) is 17.1. The van der Waals surface area contributed by atoms with Gasteiger partial charge in [-0.2, -0.15) is 4.31 Å². The Hall–Kier alpha value is -2.01. The molecule has 1 saturated heterocycles. The first-order valence-electron chi connectivity index (χ1n) is 9.87. The van der Waals surface area contributed by atoms with Gasteiger partial charge in [0.25, 0.3) is 5.91 Å². The van der Waals surface area contributed by atoms with Crippen molar-refractivity contribution in [1.82, 2.24) is 9.62 Å². The van der Waals surface area contributed by atoms with Gasteiger partial charge in [0, 0.05) is 23.2 Å². The predicted octanol–water partition coefficient (Wildman–Crippen LogP) is 4.15. The summed E-state index contributed by atoms with van der Waals surface area (Å²) in [5, 5.41) is 5.60. The zero-order valence-corrected chi connectivity index (χ0v) is 20.3. The fourth-order valence-corrected chi connectivity index (χ4v) is 5.42. The number of ether oxygens (including phenoxy) is 1. The third-order valence-corrected chi connectivity index (χ3v) is 7.56. The Morgan fingerprint density at radius 1 is 1.06 bits per heavy atom. The number of hydrogen-bond donors (Lipinski definition) is 2. The molecule has 0 spiro atoms. The number of carbonyl (C=O) groups is 1. The average molecular weight is 526 g/mol. The summed E-state index contributed by atoms with van der Waals surface area (Å²) in [4.78, 5) is 12.8. The highest BCUT2D eigenvalue weighted by molar-refractivity contribution is 9.10. The van der Waals surface area contributed by atoms with Crippen LogP contribution in [0.25, 0.3) is 0 Å². The fraction of sp³-hybridized carbons (Fsp3) is 0.333. The number of nitrogens with one attached hydrogen (secondary N) is 2. The first-order chi connectivity index (χ1) is 14.8. The van der Waals surface area contributed by atoms with E-state index in [1.807, 2.05) is 0 Å². The van der Waals surface area contributed by atoms with Crippen LogP contribution in [0.5, 0.6) is 5.75 Å². The highest BCUT2D eigenvalue weighted by atomic mass is 79.9. The van der Waals surface area contributed by atoms with Gasteiger partial charge < -0.3 is 10.1 Å². The number of amides is 1. The van der Waals surface area contributed by atoms with Crippen LogP contribution in [0.2, 0.25) is 0 Å². The molecule has 3 rings (SSSR count). The Balaban J connectivity index is 1.65. The molecule has 1 heterocycles. The summed E-state index contributed by atoms with van der Waals surface area (Å²) in [6.07, 6.45) is 3.89. The smallest absolute Gasteiger partial charge is 0.261 e. The van der Waals surface area contributed by atoms with Crippen LogP contribution >= 0.6 is 28.1 Å². The molecule has 0 aromatic heterocycles. The van der Waals surface area contributed by atoms with Crippen molar-refractivity contribution >= 4 is 54.9 Å². The van der Waals surface area contributed by atoms with E-state index in [4.69, 9.17) is 17.0 Å². The number of carbonyl (C=O) groups excluding carboxylic acids is 1. The molecule has 0 saturated carbocycles. The molecule has 0 atom stereocenters. The van der Waals surface area contributed by atoms with Gasteiger partial charge in [-0.1, -0.05) is 28.8 Å². The molecule has 31 heavy (non-hydrogen) atoms. The fourth-order valence-electron chi connectivity index (χ4n) is 3.33. The van der Waals surface area contributed by atoms with Crippen LogP contribution in [0.1, 0.15) is 36.0 Å². The van der Waals surface area contributed by atoms with Crippen molar-refractivity contribution in [3.8, 4) is 5.75 Å². The molecule has 0 radical (unpaired) electrons. The van der Waals surface area contributed by atoms with Gasteiger partial charge in [0.2, 0.25) is 10.0 Å². The molecule has 1 aliphatic rings. The van der Waals surface area contributed by atoms with Crippen LogP contribution in [-0.4, -0.2) is 43.9 Å². The Labute approximate surface area is 196 Å². The minimum Gasteiger partial charge on any atom is -0.496 e. The van der Waals surface area contributed by atoms with E-state index in [0.717, 1.165) is 30.2 Å². The van der Waals surface area contributed by atoms with E-state index < -0.39 is 15.9 Å². The number of thiocarbonyl (C=S) groups is 1. The van der Waals surface area contributed by atoms with E-state index in [-0.39, 0.29) is 10.0 Å². The first-order valence-corrected chi connectivity index (χ1v) is 12.5. The lowest BCUT2D eigenvalue weighted by Crippen LogP contribution is -2.34. The minimum absolute atomic E-state index is 0.0927. The van der Waals surface area contributed by atoms with Crippen molar-refractivity contribution in [2.45, 2.75) is 30.6 Å². The molecule has 1 fully saturated rings. The number of anilines is 1. The molecule has 7 nitrogen and oxygen atoms in total. The second-order valence-electron chi connectivity index (χ2n) is 7.10. The highest BCUT2D eigenvalue weighted by Crippen LogP contribution is 2.24. The van der Waals surface area contributed by atoms with Crippen LogP contribution < -0.4 is 15.4 Å². The highest BCUT2D eigenvalue weighted by Gasteiger charge is 2.25. The quantitative estimate of drug-likeness (QED) is 0.570. The average Bonchev–Trinajstić information content (AvgIpc) is 3.04. The maximum absolute atomic E-state index is 12.9. The van der Waals surface area contributed by atoms with Crippen molar-refractivity contribution in [3.63, 3.8) is 0 Å². The van der Waals surface area contributed by atoms with Crippen molar-refractivity contribution in [2.75, 3.05) is 25.5 Å². The van der Waals surface area contributed by atoms with Crippen molar-refractivity contribution in [2.24, 2.45) is 0 Å². The number of sulfonamides is 1. The van der Waals surface area contributed by atoms with E-state index in [1.165, 1.54) is 7.11 Å². The summed E-state index contributed by atoms with van der Waals surface area (Å²) >= 11 is 8.56. The lowest BCUT2D eigenvalue weighted by atomic mass is 10.2. The van der Waals surface area contributed by atoms with Crippen LogP contribution in [0.15, 0.2) is 51.8 Å². The van der Waals surface area contributed by atoms with Gasteiger partial charge in [0.05, 0.1) is 17.6 Å². The lowest BCUT2D eigenvalue weighted by molar-refractivity contribution is 0.0974. The SMILES string of the molecule is COc1ccc(Br)cc1C(=O)NC(=S)Nc1ccc(S(=O)(=O)N2CCCCCC2)cc1. The van der Waals surface area contributed by atoms with Gasteiger partial charge in [0.15, 0.2) is 5.11 Å². The monoisotopic (exact) mass is 525 g/mol. The molecule has 2 aromatic carbocycles. The Bertz CT molecular complexity index is 1050. The second-order valence-corrected chi connectivity index (χ2v) is 10.4. The van der Waals surface area contributed by atoms with Crippen LogP contribution in [0, 0.1) is 0 Å². The summed E-state index contributed by atoms with van der Waals surface area (Å²) < 4.78 is 33.2. The number of rotatable bonds is 5. The molecule has 0 bridgehead atoms. The number of benzene rings is 2. The molecule has 0 unspecified atom stereocenters. The van der Waals surface area contributed by atoms with Crippen LogP contribution in [-0.2, 0) is 10.0 Å². The standard InChI is InChI=1S/C21H24BrN3O4S2/c1-29-19-11-6-15(22)14-18(19)20(26)24-21(30)23-16-7-9-17(10-8-16)31(27,28)25-12-4-2-3-5-13-25/h6-11,14H,2-5,12-13H2,1H3,(H2,23,24,26,30). The molecule has 2 aromatic rings. The molecule has 2 N–H and O–H groups in total. The molecule has 0 aliphatic carbocycles. The normalized spacial score (nSPS) is 15.0. The van der Waals surface area contributed by atoms with E-state index in [2.05, 4.69) is 26.6 Å². The maximum Gasteiger partial charge on any atom is 0.261 e. The Kier molecular flexibility index (Phi) is 8.04. The van der Waals surface area contributed by atoms with Gasteiger partial charge in [0.1, 0.15) is 5.75 Å². The number of nitrogens with zero attached hydrogens (tertiary/aromatic N) is 1. The summed E-state index contributed by atoms with van der Waals surface area (Å²) in [7, 11) is -2.03. The number of halogens is 1. The van der Waals surface area contributed by atoms with E-state index >= 15 is 0 Å². The van der Waals surface area contributed by atoms with Gasteiger partial charge >= 0.3 is 0 Å². The third-order valence-electron chi connectivity index (χ3n) is 4.95. The minimum atomic E-state index is -3.51. The van der Waals surface area contributed by atoms with E-state index in [9.17, 15) is 13.2 Å². The molecular formula is C21H24BrN3O4S2. The van der Waals surface area contributed by atoms with Gasteiger partial charge in [-0.25, -0.2) is 8.42 Å². The van der Waals surface area contributed by atoms with Crippen molar-refractivity contribution in [1.29, 1.82) is 0 Å². The van der Waals surface area contributed by atoms with Crippen LogP contribution in [0.4, 0.5) is 5.69 Å². The Morgan fingerprint density at radius 3 is 2.32 bits per heavy atom. The van der Waals surface area contributed by atoms with Crippen LogP contribution in [0.3, 0.4) is 0 Å². The van der Waals surface area contributed by atoms with Gasteiger partial charge in [-0.15, -0.1) is 0 Å². The number of hydrogen-bond acceptors (Lipinski definition) is 5. The lowest BCUT2D eigenvalue weighted by Gasteiger charge is -2.20. The summed E-state index contributed by atoms with van der Waals surface area (Å²) in [6, 6.07) is 11.4. The van der Waals surface area contributed by atoms with Crippen molar-refractivity contribution < 1.29 is 17.9 Å². The molecule has 1 aliphatic heterocycles. The summed E-state index contributed by atoms with van der Waals surface area (Å²) in [6.45, 7) is 1.11. The summed E-state index contributed by atoms with van der Waals surface area (Å²) in [5.74, 6) is 0.00239. The maximum atomic E-state index is 12.9. The Morgan fingerprint density at radius 2 is 1.71 bits per heavy atom. The van der Waals surface area contributed by atoms with Crippen molar-refractivity contribution in [3.05, 3.63) is 52.5 Å². The molecule has 10 heteroatoms. The largest absolute Gasteiger partial charge is 0.496 e.